The number of likely N-dealkylation sites (N-methyl/N-ethyl adjacent to an activating group) is 2. The summed E-state index contributed by atoms with van der Waals surface area (Å²) in [5.74, 6) is 0. The van der Waals surface area contributed by atoms with Gasteiger partial charge < -0.3 is 10.2 Å². The third kappa shape index (κ3) is 5.75. The molecule has 0 aliphatic rings. The van der Waals surface area contributed by atoms with Crippen molar-refractivity contribution in [2.24, 2.45) is 0 Å². The van der Waals surface area contributed by atoms with Gasteiger partial charge in [0.1, 0.15) is 0 Å². The first-order valence-corrected chi connectivity index (χ1v) is 7.73. The van der Waals surface area contributed by atoms with Crippen molar-refractivity contribution in [3.8, 4) is 0 Å². The average molecular weight is 262 g/mol. The van der Waals surface area contributed by atoms with Gasteiger partial charge in [-0.2, -0.15) is 0 Å². The van der Waals surface area contributed by atoms with E-state index in [4.69, 9.17) is 0 Å². The second-order valence-corrected chi connectivity index (χ2v) is 5.27. The third-order valence-corrected chi connectivity index (χ3v) is 3.65. The van der Waals surface area contributed by atoms with Crippen LogP contribution in [-0.4, -0.2) is 31.1 Å². The fourth-order valence-corrected chi connectivity index (χ4v) is 2.35. The van der Waals surface area contributed by atoms with Gasteiger partial charge in [-0.3, -0.25) is 0 Å². The molecule has 108 valence electrons. The maximum Gasteiger partial charge on any atom is 0.0449 e. The van der Waals surface area contributed by atoms with Gasteiger partial charge in [0.2, 0.25) is 0 Å². The van der Waals surface area contributed by atoms with Gasteiger partial charge in [-0.25, -0.2) is 0 Å². The molecule has 0 aliphatic carbocycles. The van der Waals surface area contributed by atoms with E-state index < -0.39 is 0 Å². The fourth-order valence-electron chi connectivity index (χ4n) is 2.35. The van der Waals surface area contributed by atoms with Gasteiger partial charge in [-0.15, -0.1) is 0 Å². The van der Waals surface area contributed by atoms with E-state index in [-0.39, 0.29) is 0 Å². The number of nitrogens with zero attached hydrogens (tertiary/aromatic N) is 1. The number of aryl methyl sites for hydroxylation is 1. The predicted octanol–water partition coefficient (Wildman–Crippen LogP) is 3.77. The molecule has 0 bridgehead atoms. The minimum atomic E-state index is 0.447. The minimum Gasteiger partial charge on any atom is -0.309 e. The van der Waals surface area contributed by atoms with Crippen LogP contribution in [0.15, 0.2) is 24.3 Å². The molecule has 0 amide bonds. The van der Waals surface area contributed by atoms with Crippen molar-refractivity contribution in [3.63, 3.8) is 0 Å². The van der Waals surface area contributed by atoms with Crippen molar-refractivity contribution >= 4 is 0 Å². The first-order valence-electron chi connectivity index (χ1n) is 7.73. The fraction of sp³-hybridized carbons (Fsp3) is 0.647. The molecule has 1 N–H and O–H groups in total. The molecular weight excluding hydrogens is 232 g/mol. The van der Waals surface area contributed by atoms with Crippen LogP contribution in [-0.2, 0) is 0 Å². The molecule has 0 spiro atoms. The average Bonchev–Trinajstić information content (AvgIpc) is 2.43. The Bertz CT molecular complexity index is 332. The lowest BCUT2D eigenvalue weighted by Crippen LogP contribution is -2.35. The highest BCUT2D eigenvalue weighted by atomic mass is 15.1. The molecular formula is C17H30N2. The first kappa shape index (κ1) is 16.2. The number of hydrogen-bond donors (Lipinski definition) is 1. The monoisotopic (exact) mass is 262 g/mol. The summed E-state index contributed by atoms with van der Waals surface area (Å²) in [5.41, 5.74) is 2.74. The number of hydrogen-bond acceptors (Lipinski definition) is 2. The van der Waals surface area contributed by atoms with E-state index in [0.717, 1.165) is 19.6 Å². The lowest BCUT2D eigenvalue weighted by atomic mass is 10.0. The normalized spacial score (nSPS) is 12.9. The summed E-state index contributed by atoms with van der Waals surface area (Å²) in [5, 5.41) is 3.62. The van der Waals surface area contributed by atoms with E-state index in [0.29, 0.717) is 6.04 Å². The Hall–Kier alpha value is -0.860. The largest absolute Gasteiger partial charge is 0.309 e. The zero-order chi connectivity index (χ0) is 14.1. The van der Waals surface area contributed by atoms with Gasteiger partial charge >= 0.3 is 0 Å². The molecule has 0 saturated heterocycles. The summed E-state index contributed by atoms with van der Waals surface area (Å²) < 4.78 is 0. The minimum absolute atomic E-state index is 0.447. The maximum atomic E-state index is 3.62. The Labute approximate surface area is 119 Å². The van der Waals surface area contributed by atoms with Gasteiger partial charge in [-0.05, 0) is 38.5 Å². The Morgan fingerprint density at radius 3 is 2.32 bits per heavy atom. The molecule has 0 fully saturated rings. The van der Waals surface area contributed by atoms with Crippen LogP contribution in [0.3, 0.4) is 0 Å². The van der Waals surface area contributed by atoms with E-state index >= 15 is 0 Å². The summed E-state index contributed by atoms with van der Waals surface area (Å²) in [7, 11) is 0. The maximum absolute atomic E-state index is 3.62. The van der Waals surface area contributed by atoms with Gasteiger partial charge in [0.15, 0.2) is 0 Å². The lowest BCUT2D eigenvalue weighted by Gasteiger charge is -2.27. The summed E-state index contributed by atoms with van der Waals surface area (Å²) in [6, 6.07) is 9.39. The van der Waals surface area contributed by atoms with Crippen LogP contribution in [0.5, 0.6) is 0 Å². The Morgan fingerprint density at radius 1 is 1.11 bits per heavy atom. The van der Waals surface area contributed by atoms with Crippen LogP contribution in [0.4, 0.5) is 0 Å². The van der Waals surface area contributed by atoms with Crippen molar-refractivity contribution < 1.29 is 0 Å². The zero-order valence-electron chi connectivity index (χ0n) is 13.1. The van der Waals surface area contributed by atoms with Crippen LogP contribution >= 0.6 is 0 Å². The highest BCUT2D eigenvalue weighted by molar-refractivity contribution is 5.24. The molecule has 1 rings (SSSR count). The Morgan fingerprint density at radius 2 is 1.79 bits per heavy atom. The molecule has 1 unspecified atom stereocenters. The SMILES string of the molecule is CCCCN(CC)CC(NCC)c1ccc(C)cc1. The van der Waals surface area contributed by atoms with Gasteiger partial charge in [0.25, 0.3) is 0 Å². The van der Waals surface area contributed by atoms with E-state index in [2.05, 4.69) is 62.2 Å². The second-order valence-electron chi connectivity index (χ2n) is 5.27. The van der Waals surface area contributed by atoms with Crippen molar-refractivity contribution in [1.29, 1.82) is 0 Å². The van der Waals surface area contributed by atoms with E-state index in [1.165, 1.54) is 30.5 Å². The molecule has 0 aliphatic heterocycles. The molecule has 2 nitrogen and oxygen atoms in total. The standard InChI is InChI=1S/C17H30N2/c1-5-8-13-19(7-3)14-17(18-6-2)16-11-9-15(4)10-12-16/h9-12,17-18H,5-8,13-14H2,1-4H3. The first-order chi connectivity index (χ1) is 9.21. The summed E-state index contributed by atoms with van der Waals surface area (Å²) >= 11 is 0. The van der Waals surface area contributed by atoms with Crippen molar-refractivity contribution in [3.05, 3.63) is 35.4 Å². The Balaban J connectivity index is 2.67. The number of unbranched alkanes of at least 4 members (excludes halogenated alkanes) is 1. The van der Waals surface area contributed by atoms with E-state index in [1.54, 1.807) is 0 Å². The van der Waals surface area contributed by atoms with Gasteiger partial charge in [-0.1, -0.05) is 57.0 Å². The number of nitrogens with one attached hydrogen (secondary N) is 1. The molecule has 1 atom stereocenters. The second kappa shape index (κ2) is 9.11. The number of benzene rings is 1. The lowest BCUT2D eigenvalue weighted by molar-refractivity contribution is 0.251. The summed E-state index contributed by atoms with van der Waals surface area (Å²) in [4.78, 5) is 2.55. The van der Waals surface area contributed by atoms with Crippen molar-refractivity contribution in [2.75, 3.05) is 26.2 Å². The number of rotatable bonds is 9. The van der Waals surface area contributed by atoms with Crippen molar-refractivity contribution in [1.82, 2.24) is 10.2 Å². The quantitative estimate of drug-likeness (QED) is 0.729. The highest BCUT2D eigenvalue weighted by Crippen LogP contribution is 2.15. The molecule has 2 heteroatoms. The zero-order valence-corrected chi connectivity index (χ0v) is 13.1. The van der Waals surface area contributed by atoms with Crippen LogP contribution in [0.1, 0.15) is 50.8 Å². The molecule has 0 aromatic heterocycles. The molecule has 0 heterocycles. The topological polar surface area (TPSA) is 15.3 Å². The van der Waals surface area contributed by atoms with Crippen molar-refractivity contribution in [2.45, 2.75) is 46.6 Å². The van der Waals surface area contributed by atoms with Crippen LogP contribution < -0.4 is 5.32 Å². The molecule has 1 aromatic rings. The van der Waals surface area contributed by atoms with Gasteiger partial charge in [0.05, 0.1) is 0 Å². The van der Waals surface area contributed by atoms with E-state index in [1.807, 2.05) is 0 Å². The molecule has 0 saturated carbocycles. The predicted molar refractivity (Wildman–Crippen MR) is 84.6 cm³/mol. The van der Waals surface area contributed by atoms with Crippen LogP contribution in [0, 0.1) is 6.92 Å². The van der Waals surface area contributed by atoms with Gasteiger partial charge in [0, 0.05) is 12.6 Å². The van der Waals surface area contributed by atoms with Crippen LogP contribution in [0.2, 0.25) is 0 Å². The summed E-state index contributed by atoms with van der Waals surface area (Å²) in [6.45, 7) is 13.3. The highest BCUT2D eigenvalue weighted by Gasteiger charge is 2.13. The molecule has 1 aromatic carbocycles. The smallest absolute Gasteiger partial charge is 0.0449 e. The molecule has 0 radical (unpaired) electrons. The summed E-state index contributed by atoms with van der Waals surface area (Å²) in [6.07, 6.45) is 2.56. The molecule has 19 heavy (non-hydrogen) atoms. The van der Waals surface area contributed by atoms with Crippen LogP contribution in [0.25, 0.3) is 0 Å². The third-order valence-electron chi connectivity index (χ3n) is 3.65. The van der Waals surface area contributed by atoms with E-state index in [9.17, 15) is 0 Å². The Kier molecular flexibility index (Phi) is 7.76.